The standard InChI is InChI=1S/C13H24F3N3O/c1-2-17-11-3-8-20-9-12(11)19-6-4-18(5-7-19)10-13(14,15)16/h11-12,17H,2-10H2,1H3. The summed E-state index contributed by atoms with van der Waals surface area (Å²) in [6.07, 6.45) is -3.12. The van der Waals surface area contributed by atoms with Crippen LogP contribution in [0.2, 0.25) is 0 Å². The highest BCUT2D eigenvalue weighted by Crippen LogP contribution is 2.20. The van der Waals surface area contributed by atoms with Crippen molar-refractivity contribution in [3.05, 3.63) is 0 Å². The third-order valence-corrected chi connectivity index (χ3v) is 4.07. The van der Waals surface area contributed by atoms with Crippen molar-refractivity contribution in [3.63, 3.8) is 0 Å². The Morgan fingerprint density at radius 3 is 2.50 bits per heavy atom. The normalized spacial score (nSPS) is 30.6. The van der Waals surface area contributed by atoms with Crippen LogP contribution in [0.15, 0.2) is 0 Å². The summed E-state index contributed by atoms with van der Waals surface area (Å²) in [5.74, 6) is 0. The third kappa shape index (κ3) is 4.58. The SMILES string of the molecule is CCNC1CCOCC1N1CCN(CC(F)(F)F)CC1. The Hall–Kier alpha value is -0.370. The molecule has 2 unspecified atom stereocenters. The summed E-state index contributed by atoms with van der Waals surface area (Å²) < 4.78 is 42.7. The van der Waals surface area contributed by atoms with Gasteiger partial charge in [0, 0.05) is 44.9 Å². The molecule has 2 fully saturated rings. The quantitative estimate of drug-likeness (QED) is 0.835. The average molecular weight is 295 g/mol. The zero-order chi connectivity index (χ0) is 14.6. The van der Waals surface area contributed by atoms with Gasteiger partial charge in [-0.3, -0.25) is 9.80 Å². The van der Waals surface area contributed by atoms with E-state index in [4.69, 9.17) is 4.74 Å². The number of alkyl halides is 3. The summed E-state index contributed by atoms with van der Waals surface area (Å²) in [6, 6.07) is 0.680. The summed E-state index contributed by atoms with van der Waals surface area (Å²) in [6.45, 7) is 5.97. The molecule has 4 nitrogen and oxygen atoms in total. The molecule has 2 aliphatic heterocycles. The lowest BCUT2D eigenvalue weighted by Gasteiger charge is -2.44. The first kappa shape index (κ1) is 16.0. The van der Waals surface area contributed by atoms with Gasteiger partial charge in [-0.2, -0.15) is 13.2 Å². The van der Waals surface area contributed by atoms with Crippen molar-refractivity contribution in [1.29, 1.82) is 0 Å². The van der Waals surface area contributed by atoms with E-state index < -0.39 is 12.7 Å². The summed E-state index contributed by atoms with van der Waals surface area (Å²) in [5, 5.41) is 3.47. The zero-order valence-corrected chi connectivity index (χ0v) is 12.0. The van der Waals surface area contributed by atoms with Crippen LogP contribution in [0.5, 0.6) is 0 Å². The van der Waals surface area contributed by atoms with Crippen molar-refractivity contribution in [2.24, 2.45) is 0 Å². The number of likely N-dealkylation sites (N-methyl/N-ethyl adjacent to an activating group) is 1. The van der Waals surface area contributed by atoms with Gasteiger partial charge >= 0.3 is 6.18 Å². The first-order valence-electron chi connectivity index (χ1n) is 7.34. The van der Waals surface area contributed by atoms with E-state index in [1.54, 1.807) is 0 Å². The lowest BCUT2D eigenvalue weighted by atomic mass is 10.0. The van der Waals surface area contributed by atoms with E-state index in [1.807, 2.05) is 0 Å². The molecule has 0 saturated carbocycles. The molecular weight excluding hydrogens is 271 g/mol. The topological polar surface area (TPSA) is 27.7 Å². The molecule has 0 aromatic rings. The second kappa shape index (κ2) is 7.06. The van der Waals surface area contributed by atoms with E-state index in [2.05, 4.69) is 17.1 Å². The predicted molar refractivity (Wildman–Crippen MR) is 70.8 cm³/mol. The maximum atomic E-state index is 12.4. The minimum atomic E-state index is -4.09. The van der Waals surface area contributed by atoms with Crippen LogP contribution in [0.1, 0.15) is 13.3 Å². The van der Waals surface area contributed by atoms with Crippen molar-refractivity contribution in [2.75, 3.05) is 52.5 Å². The Labute approximate surface area is 118 Å². The van der Waals surface area contributed by atoms with E-state index in [0.717, 1.165) is 19.6 Å². The van der Waals surface area contributed by atoms with Crippen LogP contribution < -0.4 is 5.32 Å². The number of ether oxygens (including phenoxy) is 1. The van der Waals surface area contributed by atoms with Crippen molar-refractivity contribution < 1.29 is 17.9 Å². The van der Waals surface area contributed by atoms with Gasteiger partial charge in [0.25, 0.3) is 0 Å². The highest BCUT2D eigenvalue weighted by atomic mass is 19.4. The fourth-order valence-corrected chi connectivity index (χ4v) is 3.09. The van der Waals surface area contributed by atoms with E-state index in [9.17, 15) is 13.2 Å². The first-order chi connectivity index (χ1) is 9.49. The van der Waals surface area contributed by atoms with Crippen LogP contribution in [0.25, 0.3) is 0 Å². The molecule has 2 saturated heterocycles. The summed E-state index contributed by atoms with van der Waals surface area (Å²) in [4.78, 5) is 3.77. The van der Waals surface area contributed by atoms with E-state index in [-0.39, 0.29) is 6.04 Å². The molecule has 0 aliphatic carbocycles. The van der Waals surface area contributed by atoms with Gasteiger partial charge in [0.2, 0.25) is 0 Å². The minimum Gasteiger partial charge on any atom is -0.380 e. The molecule has 20 heavy (non-hydrogen) atoms. The molecule has 1 N–H and O–H groups in total. The maximum Gasteiger partial charge on any atom is 0.401 e. The van der Waals surface area contributed by atoms with Gasteiger partial charge in [0.15, 0.2) is 0 Å². The lowest BCUT2D eigenvalue weighted by molar-refractivity contribution is -0.151. The summed E-state index contributed by atoms with van der Waals surface area (Å²) in [5.41, 5.74) is 0. The number of hydrogen-bond donors (Lipinski definition) is 1. The molecule has 2 atom stereocenters. The lowest BCUT2D eigenvalue weighted by Crippen LogP contribution is -2.60. The number of halogens is 3. The number of piperazine rings is 1. The third-order valence-electron chi connectivity index (χ3n) is 4.07. The smallest absolute Gasteiger partial charge is 0.380 e. The molecule has 0 spiro atoms. The largest absolute Gasteiger partial charge is 0.401 e. The monoisotopic (exact) mass is 295 g/mol. The van der Waals surface area contributed by atoms with Gasteiger partial charge < -0.3 is 10.1 Å². The van der Waals surface area contributed by atoms with Crippen LogP contribution in [-0.4, -0.2) is 80.5 Å². The molecule has 0 amide bonds. The fourth-order valence-electron chi connectivity index (χ4n) is 3.09. The van der Waals surface area contributed by atoms with Gasteiger partial charge in [0.05, 0.1) is 13.2 Å². The first-order valence-corrected chi connectivity index (χ1v) is 7.34. The molecule has 2 aliphatic rings. The average Bonchev–Trinajstić information content (AvgIpc) is 2.39. The Morgan fingerprint density at radius 2 is 1.90 bits per heavy atom. The number of nitrogens with one attached hydrogen (secondary N) is 1. The second-order valence-electron chi connectivity index (χ2n) is 5.52. The summed E-state index contributed by atoms with van der Waals surface area (Å²) in [7, 11) is 0. The van der Waals surface area contributed by atoms with Gasteiger partial charge in [0.1, 0.15) is 0 Å². The number of hydrogen-bond acceptors (Lipinski definition) is 4. The van der Waals surface area contributed by atoms with E-state index >= 15 is 0 Å². The van der Waals surface area contributed by atoms with Crippen LogP contribution >= 0.6 is 0 Å². The van der Waals surface area contributed by atoms with Crippen LogP contribution in [-0.2, 0) is 4.74 Å². The van der Waals surface area contributed by atoms with E-state index in [1.165, 1.54) is 4.90 Å². The summed E-state index contributed by atoms with van der Waals surface area (Å²) >= 11 is 0. The fraction of sp³-hybridized carbons (Fsp3) is 1.00. The molecule has 7 heteroatoms. The van der Waals surface area contributed by atoms with Crippen molar-refractivity contribution in [2.45, 2.75) is 31.6 Å². The molecule has 0 radical (unpaired) electrons. The highest BCUT2D eigenvalue weighted by Gasteiger charge is 2.35. The molecule has 0 bridgehead atoms. The number of rotatable bonds is 4. The van der Waals surface area contributed by atoms with Crippen molar-refractivity contribution in [1.82, 2.24) is 15.1 Å². The van der Waals surface area contributed by atoms with Crippen molar-refractivity contribution >= 4 is 0 Å². The van der Waals surface area contributed by atoms with Gasteiger partial charge in [-0.25, -0.2) is 0 Å². The predicted octanol–water partition coefficient (Wildman–Crippen LogP) is 0.933. The highest BCUT2D eigenvalue weighted by molar-refractivity contribution is 4.89. The maximum absolute atomic E-state index is 12.4. The molecule has 0 aromatic heterocycles. The minimum absolute atomic E-state index is 0.289. The Kier molecular flexibility index (Phi) is 5.65. The van der Waals surface area contributed by atoms with Crippen molar-refractivity contribution in [3.8, 4) is 0 Å². The molecule has 0 aromatic carbocycles. The Morgan fingerprint density at radius 1 is 1.20 bits per heavy atom. The molecule has 2 rings (SSSR count). The van der Waals surface area contributed by atoms with E-state index in [0.29, 0.717) is 38.8 Å². The van der Waals surface area contributed by atoms with Crippen LogP contribution in [0, 0.1) is 0 Å². The van der Waals surface area contributed by atoms with Gasteiger partial charge in [-0.15, -0.1) is 0 Å². The number of nitrogens with zero attached hydrogens (tertiary/aromatic N) is 2. The second-order valence-corrected chi connectivity index (χ2v) is 5.52. The Bertz CT molecular complexity index is 291. The van der Waals surface area contributed by atoms with Crippen LogP contribution in [0.3, 0.4) is 0 Å². The van der Waals surface area contributed by atoms with Crippen LogP contribution in [0.4, 0.5) is 13.2 Å². The molecule has 2 heterocycles. The van der Waals surface area contributed by atoms with Gasteiger partial charge in [-0.1, -0.05) is 6.92 Å². The molecular formula is C13H24F3N3O. The molecule has 118 valence electrons. The van der Waals surface area contributed by atoms with Gasteiger partial charge in [-0.05, 0) is 13.0 Å². The Balaban J connectivity index is 1.82. The zero-order valence-electron chi connectivity index (χ0n) is 12.0.